The molecule has 2 atom stereocenters. The Hall–Kier alpha value is -2.36. The van der Waals surface area contributed by atoms with Crippen LogP contribution in [0.15, 0.2) is 47.4 Å². The molecule has 29 heavy (non-hydrogen) atoms. The van der Waals surface area contributed by atoms with Crippen LogP contribution in [0.3, 0.4) is 0 Å². The number of anilines is 1. The summed E-state index contributed by atoms with van der Waals surface area (Å²) in [5.74, 6) is -0.146. The average Bonchev–Trinajstić information content (AvgIpc) is 3.44. The van der Waals surface area contributed by atoms with E-state index in [0.29, 0.717) is 30.4 Å². The van der Waals surface area contributed by atoms with E-state index in [2.05, 4.69) is 8.75 Å². The quantitative estimate of drug-likeness (QED) is 0.641. The van der Waals surface area contributed by atoms with Gasteiger partial charge in [-0.05, 0) is 49.9 Å². The maximum absolute atomic E-state index is 13.5. The fourth-order valence-electron chi connectivity index (χ4n) is 4.45. The van der Waals surface area contributed by atoms with E-state index in [4.69, 9.17) is 0 Å². The Balaban J connectivity index is 1.52. The molecule has 7 nitrogen and oxygen atoms in total. The van der Waals surface area contributed by atoms with Gasteiger partial charge >= 0.3 is 0 Å². The third-order valence-corrected chi connectivity index (χ3v) is 8.25. The highest BCUT2D eigenvalue weighted by molar-refractivity contribution is 7.89. The first-order chi connectivity index (χ1) is 14.0. The lowest BCUT2D eigenvalue weighted by Crippen LogP contribution is -2.49. The number of rotatable bonds is 3. The van der Waals surface area contributed by atoms with Gasteiger partial charge in [-0.3, -0.25) is 4.79 Å². The smallest absolute Gasteiger partial charge is 0.246 e. The molecule has 1 aromatic heterocycles. The molecule has 0 N–H and O–H groups in total. The van der Waals surface area contributed by atoms with E-state index in [-0.39, 0.29) is 16.8 Å². The molecule has 2 aliphatic rings. The fraction of sp³-hybridized carbons (Fsp3) is 0.350. The molecule has 150 valence electrons. The second-order valence-electron chi connectivity index (χ2n) is 7.55. The highest BCUT2D eigenvalue weighted by Crippen LogP contribution is 2.36. The monoisotopic (exact) mass is 428 g/mol. The van der Waals surface area contributed by atoms with Gasteiger partial charge in [0.1, 0.15) is 22.0 Å². The van der Waals surface area contributed by atoms with Gasteiger partial charge in [0.05, 0.1) is 11.7 Å². The number of amides is 1. The van der Waals surface area contributed by atoms with Gasteiger partial charge in [-0.1, -0.05) is 24.3 Å². The minimum Gasteiger partial charge on any atom is -0.308 e. The molecule has 9 heteroatoms. The van der Waals surface area contributed by atoms with Gasteiger partial charge < -0.3 is 4.90 Å². The van der Waals surface area contributed by atoms with Crippen molar-refractivity contribution in [2.24, 2.45) is 0 Å². The summed E-state index contributed by atoms with van der Waals surface area (Å²) in [6.45, 7) is 2.34. The Labute approximate surface area is 173 Å². The Morgan fingerprint density at radius 2 is 1.97 bits per heavy atom. The number of hydrogen-bond acceptors (Lipinski definition) is 6. The maximum atomic E-state index is 13.5. The van der Waals surface area contributed by atoms with E-state index >= 15 is 0 Å². The number of carbonyl (C=O) groups excluding carboxylic acids is 1. The maximum Gasteiger partial charge on any atom is 0.246 e. The number of carbonyl (C=O) groups is 1. The summed E-state index contributed by atoms with van der Waals surface area (Å²) < 4.78 is 36.7. The van der Waals surface area contributed by atoms with E-state index in [1.807, 2.05) is 31.2 Å². The van der Waals surface area contributed by atoms with Crippen molar-refractivity contribution in [3.8, 4) is 0 Å². The van der Waals surface area contributed by atoms with E-state index < -0.39 is 16.1 Å². The highest BCUT2D eigenvalue weighted by atomic mass is 32.2. The van der Waals surface area contributed by atoms with Crippen molar-refractivity contribution in [3.05, 3.63) is 48.0 Å². The zero-order chi connectivity index (χ0) is 20.2. The standard InChI is InChI=1S/C20H20N4O3S2/c1-13-12-14-6-2-3-8-16(14)24(13)20(25)17-9-5-11-23(17)29(26,27)18-10-4-7-15-19(18)22-28-21-15/h2-4,6-8,10,13,17H,5,9,11-12H2,1H3. The van der Waals surface area contributed by atoms with Crippen LogP contribution in [0, 0.1) is 0 Å². The highest BCUT2D eigenvalue weighted by Gasteiger charge is 2.44. The summed E-state index contributed by atoms with van der Waals surface area (Å²) in [5.41, 5.74) is 2.94. The fourth-order valence-corrected chi connectivity index (χ4v) is 6.86. The van der Waals surface area contributed by atoms with E-state index in [1.54, 1.807) is 23.1 Å². The van der Waals surface area contributed by atoms with Crippen molar-refractivity contribution in [2.75, 3.05) is 11.4 Å². The first-order valence-corrected chi connectivity index (χ1v) is 11.8. The molecule has 0 aliphatic carbocycles. The Kier molecular flexibility index (Phi) is 4.41. The minimum atomic E-state index is -3.86. The van der Waals surface area contributed by atoms with Crippen molar-refractivity contribution in [1.29, 1.82) is 0 Å². The van der Waals surface area contributed by atoms with Crippen LogP contribution in [0.4, 0.5) is 5.69 Å². The zero-order valence-electron chi connectivity index (χ0n) is 15.9. The molecule has 0 saturated carbocycles. The molecule has 1 saturated heterocycles. The molecular weight excluding hydrogens is 408 g/mol. The summed E-state index contributed by atoms with van der Waals surface area (Å²) in [6, 6.07) is 12.1. The van der Waals surface area contributed by atoms with E-state index in [0.717, 1.165) is 29.4 Å². The number of aromatic nitrogens is 2. The summed E-state index contributed by atoms with van der Waals surface area (Å²) in [7, 11) is -3.86. The Bertz CT molecular complexity index is 1210. The first kappa shape index (κ1) is 18.7. The van der Waals surface area contributed by atoms with Gasteiger partial charge in [0.15, 0.2) is 0 Å². The van der Waals surface area contributed by atoms with Crippen LogP contribution in [0.1, 0.15) is 25.3 Å². The van der Waals surface area contributed by atoms with Crippen LogP contribution >= 0.6 is 11.7 Å². The van der Waals surface area contributed by atoms with Gasteiger partial charge in [-0.2, -0.15) is 13.1 Å². The SMILES string of the molecule is CC1Cc2ccccc2N1C(=O)C1CCCN1S(=O)(=O)c1cccc2nsnc12. The summed E-state index contributed by atoms with van der Waals surface area (Å²) in [4.78, 5) is 15.4. The van der Waals surface area contributed by atoms with Crippen LogP contribution in [0.5, 0.6) is 0 Å². The molecule has 2 aromatic carbocycles. The lowest BCUT2D eigenvalue weighted by atomic mass is 10.1. The van der Waals surface area contributed by atoms with Crippen molar-refractivity contribution in [2.45, 2.75) is 43.2 Å². The zero-order valence-corrected chi connectivity index (χ0v) is 17.5. The number of nitrogens with zero attached hydrogens (tertiary/aromatic N) is 4. The summed E-state index contributed by atoms with van der Waals surface area (Å²) >= 11 is 0.988. The largest absolute Gasteiger partial charge is 0.308 e. The Morgan fingerprint density at radius 1 is 1.14 bits per heavy atom. The molecule has 3 aromatic rings. The topological polar surface area (TPSA) is 83.5 Å². The second-order valence-corrected chi connectivity index (χ2v) is 9.94. The molecule has 1 amide bonds. The molecule has 1 fully saturated rings. The van der Waals surface area contributed by atoms with Gasteiger partial charge in [-0.15, -0.1) is 0 Å². The lowest BCUT2D eigenvalue weighted by molar-refractivity contribution is -0.121. The number of fused-ring (bicyclic) bond motifs is 2. The van der Waals surface area contributed by atoms with Crippen LogP contribution in [-0.4, -0.2) is 46.0 Å². The van der Waals surface area contributed by atoms with Gasteiger partial charge in [-0.25, -0.2) is 8.42 Å². The van der Waals surface area contributed by atoms with Crippen molar-refractivity contribution in [1.82, 2.24) is 13.1 Å². The van der Waals surface area contributed by atoms with Crippen LogP contribution < -0.4 is 4.90 Å². The number of hydrogen-bond donors (Lipinski definition) is 0. The lowest BCUT2D eigenvalue weighted by Gasteiger charge is -2.30. The second kappa shape index (κ2) is 6.86. The van der Waals surface area contributed by atoms with Crippen LogP contribution in [-0.2, 0) is 21.2 Å². The molecule has 0 spiro atoms. The summed E-state index contributed by atoms with van der Waals surface area (Å²) in [5, 5.41) is 0. The van der Waals surface area contributed by atoms with Crippen molar-refractivity contribution < 1.29 is 13.2 Å². The molecule has 0 radical (unpaired) electrons. The predicted molar refractivity (Wildman–Crippen MR) is 111 cm³/mol. The predicted octanol–water partition coefficient (Wildman–Crippen LogP) is 2.82. The van der Waals surface area contributed by atoms with E-state index in [1.165, 1.54) is 4.31 Å². The van der Waals surface area contributed by atoms with Gasteiger partial charge in [0, 0.05) is 18.3 Å². The van der Waals surface area contributed by atoms with Gasteiger partial charge in [0.25, 0.3) is 0 Å². The minimum absolute atomic E-state index is 0.0104. The van der Waals surface area contributed by atoms with Crippen molar-refractivity contribution >= 4 is 44.4 Å². The molecule has 2 unspecified atom stereocenters. The van der Waals surface area contributed by atoms with Crippen molar-refractivity contribution in [3.63, 3.8) is 0 Å². The number of benzene rings is 2. The van der Waals surface area contributed by atoms with Crippen LogP contribution in [0.25, 0.3) is 11.0 Å². The van der Waals surface area contributed by atoms with E-state index in [9.17, 15) is 13.2 Å². The third-order valence-electron chi connectivity index (χ3n) is 5.77. The third kappa shape index (κ3) is 2.87. The van der Waals surface area contributed by atoms with Gasteiger partial charge in [0.2, 0.25) is 15.9 Å². The molecule has 2 aliphatic heterocycles. The number of para-hydroxylation sites is 1. The van der Waals surface area contributed by atoms with Crippen LogP contribution in [0.2, 0.25) is 0 Å². The Morgan fingerprint density at radius 3 is 2.83 bits per heavy atom. The average molecular weight is 429 g/mol. The molecule has 3 heterocycles. The normalized spacial score (nSPS) is 22.3. The summed E-state index contributed by atoms with van der Waals surface area (Å²) in [6.07, 6.45) is 1.96. The first-order valence-electron chi connectivity index (χ1n) is 9.62. The molecular formula is C20H20N4O3S2. The number of sulfonamides is 1. The molecule has 0 bridgehead atoms. The molecule has 5 rings (SSSR count).